The maximum atomic E-state index is 12.1. The predicted octanol–water partition coefficient (Wildman–Crippen LogP) is 1.86. The Bertz CT molecular complexity index is 351. The summed E-state index contributed by atoms with van der Waals surface area (Å²) in [5.41, 5.74) is 1.95. The Hall–Kier alpha value is -1.35. The Balaban J connectivity index is 2.08. The van der Waals surface area contributed by atoms with Gasteiger partial charge in [0.05, 0.1) is 6.61 Å². The van der Waals surface area contributed by atoms with Crippen LogP contribution in [0.3, 0.4) is 0 Å². The molecule has 1 aliphatic rings. The van der Waals surface area contributed by atoms with Crippen molar-refractivity contribution in [3.8, 4) is 0 Å². The van der Waals surface area contributed by atoms with E-state index >= 15 is 0 Å². The molecule has 0 atom stereocenters. The van der Waals surface area contributed by atoms with E-state index in [1.54, 1.807) is 0 Å². The Labute approximate surface area is 96.0 Å². The monoisotopic (exact) mass is 219 g/mol. The molecule has 0 radical (unpaired) electrons. The molecule has 0 saturated carbocycles. The van der Waals surface area contributed by atoms with Gasteiger partial charge >= 0.3 is 0 Å². The highest BCUT2D eigenvalue weighted by Crippen LogP contribution is 2.09. The second kappa shape index (κ2) is 5.12. The fraction of sp³-hybridized carbons (Fsp3) is 0.462. The van der Waals surface area contributed by atoms with E-state index in [0.29, 0.717) is 13.2 Å². The molecule has 1 heterocycles. The lowest BCUT2D eigenvalue weighted by Crippen LogP contribution is -2.33. The van der Waals surface area contributed by atoms with Gasteiger partial charge in [0.15, 0.2) is 0 Å². The molecule has 1 amide bonds. The van der Waals surface area contributed by atoms with Crippen LogP contribution in [-0.2, 0) is 4.74 Å². The van der Waals surface area contributed by atoms with E-state index in [4.69, 9.17) is 4.74 Å². The zero-order valence-electron chi connectivity index (χ0n) is 9.61. The molecule has 16 heavy (non-hydrogen) atoms. The molecule has 0 aliphatic carbocycles. The molecule has 1 fully saturated rings. The van der Waals surface area contributed by atoms with E-state index in [2.05, 4.69) is 0 Å². The molecule has 0 spiro atoms. The average Bonchev–Trinajstić information content (AvgIpc) is 2.57. The Morgan fingerprint density at radius 3 is 2.69 bits per heavy atom. The van der Waals surface area contributed by atoms with Gasteiger partial charge in [0.2, 0.25) is 0 Å². The number of hydrogen-bond donors (Lipinski definition) is 0. The Kier molecular flexibility index (Phi) is 3.57. The summed E-state index contributed by atoms with van der Waals surface area (Å²) < 4.78 is 5.34. The number of nitrogens with zero attached hydrogens (tertiary/aromatic N) is 1. The number of ether oxygens (including phenoxy) is 1. The molecule has 1 aromatic rings. The van der Waals surface area contributed by atoms with E-state index in [-0.39, 0.29) is 5.91 Å². The number of hydrogen-bond acceptors (Lipinski definition) is 2. The van der Waals surface area contributed by atoms with Crippen molar-refractivity contribution in [1.29, 1.82) is 0 Å². The van der Waals surface area contributed by atoms with Crippen molar-refractivity contribution in [1.82, 2.24) is 4.90 Å². The van der Waals surface area contributed by atoms with E-state index < -0.39 is 0 Å². The van der Waals surface area contributed by atoms with Gasteiger partial charge in [-0.2, -0.15) is 0 Å². The zero-order chi connectivity index (χ0) is 11.4. The van der Waals surface area contributed by atoms with Crippen LogP contribution in [0, 0.1) is 6.92 Å². The number of rotatable bonds is 1. The minimum Gasteiger partial charge on any atom is -0.380 e. The number of amides is 1. The molecule has 2 rings (SSSR count). The first-order chi connectivity index (χ1) is 7.77. The van der Waals surface area contributed by atoms with Crippen LogP contribution in [0.5, 0.6) is 0 Å². The molecule has 1 aliphatic heterocycles. The maximum absolute atomic E-state index is 12.1. The van der Waals surface area contributed by atoms with Gasteiger partial charge in [0.1, 0.15) is 0 Å². The normalized spacial score (nSPS) is 16.9. The zero-order valence-corrected chi connectivity index (χ0v) is 9.61. The molecule has 1 saturated heterocycles. The largest absolute Gasteiger partial charge is 0.380 e. The summed E-state index contributed by atoms with van der Waals surface area (Å²) in [6, 6.07) is 7.73. The van der Waals surface area contributed by atoms with Crippen molar-refractivity contribution in [2.24, 2.45) is 0 Å². The van der Waals surface area contributed by atoms with Crippen LogP contribution >= 0.6 is 0 Å². The molecular weight excluding hydrogens is 202 g/mol. The minimum absolute atomic E-state index is 0.116. The maximum Gasteiger partial charge on any atom is 0.253 e. The molecule has 0 bridgehead atoms. The topological polar surface area (TPSA) is 29.5 Å². The van der Waals surface area contributed by atoms with Gasteiger partial charge < -0.3 is 9.64 Å². The van der Waals surface area contributed by atoms with Crippen molar-refractivity contribution >= 4 is 5.91 Å². The Morgan fingerprint density at radius 1 is 1.19 bits per heavy atom. The lowest BCUT2D eigenvalue weighted by Gasteiger charge is -2.19. The van der Waals surface area contributed by atoms with Gasteiger partial charge in [-0.3, -0.25) is 4.79 Å². The molecule has 3 heteroatoms. The molecule has 1 aromatic carbocycles. The summed E-state index contributed by atoms with van der Waals surface area (Å²) in [6.07, 6.45) is 0.928. The van der Waals surface area contributed by atoms with Crippen molar-refractivity contribution in [3.05, 3.63) is 35.4 Å². The van der Waals surface area contributed by atoms with Gasteiger partial charge in [-0.15, -0.1) is 0 Å². The van der Waals surface area contributed by atoms with E-state index in [1.807, 2.05) is 36.1 Å². The van der Waals surface area contributed by atoms with Crippen molar-refractivity contribution < 1.29 is 9.53 Å². The lowest BCUT2D eigenvalue weighted by atomic mass is 10.1. The third kappa shape index (κ3) is 2.61. The second-order valence-electron chi connectivity index (χ2n) is 4.12. The summed E-state index contributed by atoms with van der Waals surface area (Å²) in [6.45, 7) is 4.93. The van der Waals surface area contributed by atoms with Gasteiger partial charge in [-0.05, 0) is 25.5 Å². The average molecular weight is 219 g/mol. The fourth-order valence-corrected chi connectivity index (χ4v) is 1.83. The smallest absolute Gasteiger partial charge is 0.253 e. The first kappa shape index (κ1) is 11.1. The molecule has 86 valence electrons. The highest BCUT2D eigenvalue weighted by molar-refractivity contribution is 5.94. The first-order valence-corrected chi connectivity index (χ1v) is 5.71. The molecule has 0 N–H and O–H groups in total. The highest BCUT2D eigenvalue weighted by atomic mass is 16.5. The van der Waals surface area contributed by atoms with Gasteiger partial charge in [-0.1, -0.05) is 17.7 Å². The van der Waals surface area contributed by atoms with Gasteiger partial charge in [-0.25, -0.2) is 0 Å². The van der Waals surface area contributed by atoms with Gasteiger partial charge in [0.25, 0.3) is 5.91 Å². The van der Waals surface area contributed by atoms with Crippen LogP contribution in [-0.4, -0.2) is 37.1 Å². The number of benzene rings is 1. The Morgan fingerprint density at radius 2 is 1.94 bits per heavy atom. The van der Waals surface area contributed by atoms with Crippen molar-refractivity contribution in [2.45, 2.75) is 13.3 Å². The van der Waals surface area contributed by atoms with Crippen LogP contribution in [0.4, 0.5) is 0 Å². The van der Waals surface area contributed by atoms with E-state index in [9.17, 15) is 4.79 Å². The molecular formula is C13H17NO2. The van der Waals surface area contributed by atoms with Crippen LogP contribution in [0.1, 0.15) is 22.3 Å². The second-order valence-corrected chi connectivity index (χ2v) is 4.12. The van der Waals surface area contributed by atoms with Crippen LogP contribution in [0.25, 0.3) is 0 Å². The molecule has 0 unspecified atom stereocenters. The third-order valence-corrected chi connectivity index (χ3v) is 2.81. The summed E-state index contributed by atoms with van der Waals surface area (Å²) in [5.74, 6) is 0.116. The third-order valence-electron chi connectivity index (χ3n) is 2.81. The summed E-state index contributed by atoms with van der Waals surface area (Å²) in [7, 11) is 0. The standard InChI is InChI=1S/C13H17NO2/c1-11-3-5-12(6-4-11)13(15)14-7-2-9-16-10-8-14/h3-6H,2,7-10H2,1H3. The van der Waals surface area contributed by atoms with Crippen molar-refractivity contribution in [2.75, 3.05) is 26.3 Å². The predicted molar refractivity (Wildman–Crippen MR) is 62.5 cm³/mol. The number of carbonyl (C=O) groups is 1. The minimum atomic E-state index is 0.116. The molecule has 3 nitrogen and oxygen atoms in total. The van der Waals surface area contributed by atoms with Crippen LogP contribution in [0.2, 0.25) is 0 Å². The lowest BCUT2D eigenvalue weighted by molar-refractivity contribution is 0.0741. The SMILES string of the molecule is Cc1ccc(C(=O)N2CCCOCC2)cc1. The first-order valence-electron chi connectivity index (χ1n) is 5.71. The quantitative estimate of drug-likeness (QED) is 0.721. The summed E-state index contributed by atoms with van der Waals surface area (Å²) >= 11 is 0. The van der Waals surface area contributed by atoms with Crippen molar-refractivity contribution in [3.63, 3.8) is 0 Å². The van der Waals surface area contributed by atoms with E-state index in [0.717, 1.165) is 25.1 Å². The fourth-order valence-electron chi connectivity index (χ4n) is 1.83. The number of aryl methyl sites for hydroxylation is 1. The van der Waals surface area contributed by atoms with Crippen LogP contribution < -0.4 is 0 Å². The molecule has 0 aromatic heterocycles. The van der Waals surface area contributed by atoms with Crippen LogP contribution in [0.15, 0.2) is 24.3 Å². The highest BCUT2D eigenvalue weighted by Gasteiger charge is 2.16. The van der Waals surface area contributed by atoms with E-state index in [1.165, 1.54) is 5.56 Å². The number of carbonyl (C=O) groups excluding carboxylic acids is 1. The summed E-state index contributed by atoms with van der Waals surface area (Å²) in [4.78, 5) is 14.0. The summed E-state index contributed by atoms with van der Waals surface area (Å²) in [5, 5.41) is 0. The van der Waals surface area contributed by atoms with Gasteiger partial charge in [0, 0.05) is 25.3 Å².